The molecule has 0 bridgehead atoms. The van der Waals surface area contributed by atoms with Gasteiger partial charge in [0.15, 0.2) is 5.82 Å². The first-order valence-corrected chi connectivity index (χ1v) is 8.71. The SMILES string of the molecule is COc1ccc(NC(=O)c2cc(N)ccc2C)cc1-n1nnnc1C1CC1. The van der Waals surface area contributed by atoms with Crippen LogP contribution in [0.25, 0.3) is 5.69 Å². The molecule has 0 saturated heterocycles. The Labute approximate surface area is 156 Å². The number of tetrazole rings is 1. The fraction of sp³-hybridized carbons (Fsp3) is 0.263. The number of nitrogens with one attached hydrogen (secondary N) is 1. The highest BCUT2D eigenvalue weighted by Gasteiger charge is 2.30. The Bertz CT molecular complexity index is 1010. The third kappa shape index (κ3) is 3.33. The van der Waals surface area contributed by atoms with Crippen molar-refractivity contribution < 1.29 is 9.53 Å². The molecule has 0 aliphatic heterocycles. The molecule has 4 rings (SSSR count). The van der Waals surface area contributed by atoms with Crippen molar-refractivity contribution in [1.82, 2.24) is 20.2 Å². The highest BCUT2D eigenvalue weighted by Crippen LogP contribution is 2.40. The van der Waals surface area contributed by atoms with E-state index < -0.39 is 0 Å². The van der Waals surface area contributed by atoms with Crippen molar-refractivity contribution in [2.45, 2.75) is 25.7 Å². The van der Waals surface area contributed by atoms with E-state index in [1.165, 1.54) is 0 Å². The van der Waals surface area contributed by atoms with E-state index >= 15 is 0 Å². The number of aryl methyl sites for hydroxylation is 1. The highest BCUT2D eigenvalue weighted by molar-refractivity contribution is 6.06. The Morgan fingerprint density at radius 1 is 1.26 bits per heavy atom. The largest absolute Gasteiger partial charge is 0.494 e. The monoisotopic (exact) mass is 364 g/mol. The molecule has 1 aliphatic rings. The quantitative estimate of drug-likeness (QED) is 0.674. The van der Waals surface area contributed by atoms with Crippen LogP contribution in [-0.2, 0) is 0 Å². The number of nitrogens with zero attached hydrogens (tertiary/aromatic N) is 4. The molecule has 2 aromatic carbocycles. The second kappa shape index (κ2) is 6.71. The molecule has 138 valence electrons. The minimum atomic E-state index is -0.227. The normalized spacial score (nSPS) is 13.4. The molecule has 1 saturated carbocycles. The van der Waals surface area contributed by atoms with Gasteiger partial charge >= 0.3 is 0 Å². The molecule has 0 radical (unpaired) electrons. The molecule has 0 atom stereocenters. The summed E-state index contributed by atoms with van der Waals surface area (Å²) in [5.74, 6) is 1.58. The number of nitrogen functional groups attached to an aromatic ring is 1. The molecule has 8 nitrogen and oxygen atoms in total. The fourth-order valence-corrected chi connectivity index (χ4v) is 2.98. The maximum absolute atomic E-state index is 12.7. The van der Waals surface area contributed by atoms with Gasteiger partial charge in [0.1, 0.15) is 11.4 Å². The number of aromatic nitrogens is 4. The molecule has 0 unspecified atom stereocenters. The van der Waals surface area contributed by atoms with Crippen LogP contribution in [0.2, 0.25) is 0 Å². The zero-order valence-electron chi connectivity index (χ0n) is 15.1. The predicted molar refractivity (Wildman–Crippen MR) is 101 cm³/mol. The standard InChI is InChI=1S/C19H20N6O2/c1-11-3-6-13(20)9-15(11)19(26)21-14-7-8-17(27-2)16(10-14)25-18(12-4-5-12)22-23-24-25/h3,6-10,12H,4-5,20H2,1-2H3,(H,21,26). The summed E-state index contributed by atoms with van der Waals surface area (Å²) in [4.78, 5) is 12.7. The minimum Gasteiger partial charge on any atom is -0.494 e. The third-order valence-electron chi connectivity index (χ3n) is 4.61. The summed E-state index contributed by atoms with van der Waals surface area (Å²) < 4.78 is 7.14. The number of carbonyl (C=O) groups excluding carboxylic acids is 1. The van der Waals surface area contributed by atoms with E-state index in [9.17, 15) is 4.79 Å². The number of hydrogen-bond acceptors (Lipinski definition) is 6. The topological polar surface area (TPSA) is 108 Å². The van der Waals surface area contributed by atoms with Gasteiger partial charge in [-0.15, -0.1) is 5.10 Å². The van der Waals surface area contributed by atoms with E-state index in [1.54, 1.807) is 42.1 Å². The molecule has 27 heavy (non-hydrogen) atoms. The molecular formula is C19H20N6O2. The van der Waals surface area contributed by atoms with Crippen molar-refractivity contribution >= 4 is 17.3 Å². The second-order valence-corrected chi connectivity index (χ2v) is 6.64. The third-order valence-corrected chi connectivity index (χ3v) is 4.61. The van der Waals surface area contributed by atoms with Crippen LogP contribution in [-0.4, -0.2) is 33.2 Å². The molecule has 3 aromatic rings. The van der Waals surface area contributed by atoms with Crippen LogP contribution in [0.5, 0.6) is 5.75 Å². The lowest BCUT2D eigenvalue weighted by molar-refractivity contribution is 0.102. The first kappa shape index (κ1) is 17.0. The van der Waals surface area contributed by atoms with E-state index in [2.05, 4.69) is 20.8 Å². The zero-order chi connectivity index (χ0) is 19.0. The van der Waals surface area contributed by atoms with Crippen LogP contribution in [0.3, 0.4) is 0 Å². The first-order chi connectivity index (χ1) is 13.1. The lowest BCUT2D eigenvalue weighted by Crippen LogP contribution is -2.14. The summed E-state index contributed by atoms with van der Waals surface area (Å²) in [6, 6.07) is 10.6. The van der Waals surface area contributed by atoms with Crippen LogP contribution in [0.15, 0.2) is 36.4 Å². The number of anilines is 2. The van der Waals surface area contributed by atoms with Gasteiger partial charge in [-0.25, -0.2) is 0 Å². The van der Waals surface area contributed by atoms with Crippen LogP contribution in [0.1, 0.15) is 40.5 Å². The van der Waals surface area contributed by atoms with Crippen molar-refractivity contribution in [2.75, 3.05) is 18.2 Å². The van der Waals surface area contributed by atoms with Gasteiger partial charge in [0.05, 0.1) is 7.11 Å². The summed E-state index contributed by atoms with van der Waals surface area (Å²) in [7, 11) is 1.59. The maximum Gasteiger partial charge on any atom is 0.256 e. The van der Waals surface area contributed by atoms with Gasteiger partial charge in [-0.3, -0.25) is 4.79 Å². The summed E-state index contributed by atoms with van der Waals surface area (Å²) in [6.07, 6.45) is 2.15. The van der Waals surface area contributed by atoms with Gasteiger partial charge < -0.3 is 15.8 Å². The van der Waals surface area contributed by atoms with Crippen molar-refractivity contribution in [2.24, 2.45) is 0 Å². The van der Waals surface area contributed by atoms with Crippen molar-refractivity contribution in [3.63, 3.8) is 0 Å². The lowest BCUT2D eigenvalue weighted by Gasteiger charge is -2.13. The van der Waals surface area contributed by atoms with E-state index in [-0.39, 0.29) is 5.91 Å². The molecule has 0 spiro atoms. The fourth-order valence-electron chi connectivity index (χ4n) is 2.98. The molecular weight excluding hydrogens is 344 g/mol. The lowest BCUT2D eigenvalue weighted by atomic mass is 10.1. The first-order valence-electron chi connectivity index (χ1n) is 8.71. The summed E-state index contributed by atoms with van der Waals surface area (Å²) in [5.41, 5.74) is 9.06. The van der Waals surface area contributed by atoms with E-state index in [4.69, 9.17) is 10.5 Å². The molecule has 1 fully saturated rings. The van der Waals surface area contributed by atoms with Crippen LogP contribution in [0.4, 0.5) is 11.4 Å². The zero-order valence-corrected chi connectivity index (χ0v) is 15.1. The summed E-state index contributed by atoms with van der Waals surface area (Å²) in [5, 5.41) is 15.0. The second-order valence-electron chi connectivity index (χ2n) is 6.64. The van der Waals surface area contributed by atoms with Gasteiger partial charge in [0, 0.05) is 22.9 Å². The van der Waals surface area contributed by atoms with Gasteiger partial charge in [-0.2, -0.15) is 4.68 Å². The van der Waals surface area contributed by atoms with E-state index in [1.807, 2.05) is 13.0 Å². The Morgan fingerprint density at radius 3 is 2.81 bits per heavy atom. The number of rotatable bonds is 5. The van der Waals surface area contributed by atoms with Crippen molar-refractivity contribution in [3.05, 3.63) is 53.3 Å². The number of methoxy groups -OCH3 is 1. The number of carbonyl (C=O) groups is 1. The number of ether oxygens (including phenoxy) is 1. The van der Waals surface area contributed by atoms with Gasteiger partial charge in [0.2, 0.25) is 0 Å². The summed E-state index contributed by atoms with van der Waals surface area (Å²) in [6.45, 7) is 1.87. The minimum absolute atomic E-state index is 0.227. The Morgan fingerprint density at radius 2 is 2.07 bits per heavy atom. The Kier molecular flexibility index (Phi) is 4.23. The van der Waals surface area contributed by atoms with Crippen molar-refractivity contribution in [3.8, 4) is 11.4 Å². The molecule has 8 heteroatoms. The predicted octanol–water partition coefficient (Wildman–Crippen LogP) is 2.69. The van der Waals surface area contributed by atoms with Gasteiger partial charge in [-0.1, -0.05) is 6.07 Å². The van der Waals surface area contributed by atoms with Crippen LogP contribution in [0, 0.1) is 6.92 Å². The Hall–Kier alpha value is -3.42. The highest BCUT2D eigenvalue weighted by atomic mass is 16.5. The van der Waals surface area contributed by atoms with Gasteiger partial charge in [0.25, 0.3) is 5.91 Å². The van der Waals surface area contributed by atoms with Crippen LogP contribution < -0.4 is 15.8 Å². The van der Waals surface area contributed by atoms with Gasteiger partial charge in [-0.05, 0) is 66.1 Å². The number of hydrogen-bond donors (Lipinski definition) is 2. The number of benzene rings is 2. The van der Waals surface area contributed by atoms with E-state index in [0.29, 0.717) is 34.3 Å². The molecule has 1 aromatic heterocycles. The van der Waals surface area contributed by atoms with Crippen LogP contribution >= 0.6 is 0 Å². The average Bonchev–Trinajstić information content (AvgIpc) is 3.40. The smallest absolute Gasteiger partial charge is 0.256 e. The number of amides is 1. The molecule has 3 N–H and O–H groups in total. The summed E-state index contributed by atoms with van der Waals surface area (Å²) >= 11 is 0. The molecule has 1 aliphatic carbocycles. The van der Waals surface area contributed by atoms with E-state index in [0.717, 1.165) is 24.2 Å². The maximum atomic E-state index is 12.7. The number of nitrogens with two attached hydrogens (primary N) is 1. The van der Waals surface area contributed by atoms with Crippen molar-refractivity contribution in [1.29, 1.82) is 0 Å². The Balaban J connectivity index is 1.67. The average molecular weight is 364 g/mol. The molecule has 1 amide bonds. The molecule has 1 heterocycles.